The molecule has 0 bridgehead atoms. The lowest BCUT2D eigenvalue weighted by Crippen LogP contribution is -2.41. The molecule has 3 heteroatoms. The average Bonchev–Trinajstić information content (AvgIpc) is 2.79. The van der Waals surface area contributed by atoms with Crippen molar-refractivity contribution < 1.29 is 9.31 Å². The molecule has 1 aliphatic carbocycles. The summed E-state index contributed by atoms with van der Waals surface area (Å²) in [6.45, 7) is 8.37. The van der Waals surface area contributed by atoms with E-state index in [1.54, 1.807) is 0 Å². The van der Waals surface area contributed by atoms with E-state index in [0.29, 0.717) is 0 Å². The third-order valence-electron chi connectivity index (χ3n) is 4.64. The minimum Gasteiger partial charge on any atom is -0.400 e. The van der Waals surface area contributed by atoms with Crippen LogP contribution >= 0.6 is 0 Å². The molecule has 100 valence electrons. The van der Waals surface area contributed by atoms with Gasteiger partial charge in [0.25, 0.3) is 0 Å². The predicted octanol–water partition coefficient (Wildman–Crippen LogP) is 3.65. The molecule has 0 N–H and O–H groups in total. The summed E-state index contributed by atoms with van der Waals surface area (Å²) in [5.41, 5.74) is 3.64. The highest BCUT2D eigenvalue weighted by Crippen LogP contribution is 2.39. The van der Waals surface area contributed by atoms with Crippen LogP contribution < -0.4 is 0 Å². The Labute approximate surface area is 115 Å². The highest BCUT2D eigenvalue weighted by Gasteiger charge is 2.50. The van der Waals surface area contributed by atoms with Gasteiger partial charge in [0, 0.05) is 0 Å². The van der Waals surface area contributed by atoms with Crippen LogP contribution in [0, 0.1) is 0 Å². The Hall–Kier alpha value is -1.06. The Morgan fingerprint density at radius 2 is 1.63 bits per heavy atom. The van der Waals surface area contributed by atoms with Crippen molar-refractivity contribution in [3.63, 3.8) is 0 Å². The standard InChI is InChI=1S/C16H21BO2/c1-15(2)16(3,4)19-17(18-15)11-13-10-9-12-7-5-6-8-14(12)13/h5-8,11H,9-10H2,1-4H3. The van der Waals surface area contributed by atoms with E-state index in [0.717, 1.165) is 12.8 Å². The number of allylic oxidation sites excluding steroid dienone is 1. The predicted molar refractivity (Wildman–Crippen MR) is 78.8 cm³/mol. The molecule has 0 aromatic heterocycles. The van der Waals surface area contributed by atoms with Crippen LogP contribution in [0.5, 0.6) is 0 Å². The molecule has 1 heterocycles. The molecule has 0 unspecified atom stereocenters. The first-order chi connectivity index (χ1) is 8.89. The van der Waals surface area contributed by atoms with E-state index in [2.05, 4.69) is 57.9 Å². The number of aryl methyl sites for hydroxylation is 1. The molecular weight excluding hydrogens is 235 g/mol. The van der Waals surface area contributed by atoms with E-state index in [1.807, 2.05) is 0 Å². The van der Waals surface area contributed by atoms with Crippen LogP contribution in [-0.4, -0.2) is 18.3 Å². The van der Waals surface area contributed by atoms with Gasteiger partial charge in [0.05, 0.1) is 11.2 Å². The summed E-state index contributed by atoms with van der Waals surface area (Å²) in [5, 5.41) is 0. The summed E-state index contributed by atoms with van der Waals surface area (Å²) in [4.78, 5) is 0. The SMILES string of the molecule is CC1(C)OB(C=C2CCc3ccccc32)OC1(C)C. The molecule has 0 spiro atoms. The third kappa shape index (κ3) is 2.15. The fraction of sp³-hybridized carbons (Fsp3) is 0.500. The zero-order chi connectivity index (χ0) is 13.7. The largest absolute Gasteiger partial charge is 0.487 e. The number of hydrogen-bond donors (Lipinski definition) is 0. The fourth-order valence-electron chi connectivity index (χ4n) is 2.75. The van der Waals surface area contributed by atoms with E-state index < -0.39 is 0 Å². The molecule has 1 fully saturated rings. The molecule has 1 saturated heterocycles. The first-order valence-corrected chi connectivity index (χ1v) is 7.04. The van der Waals surface area contributed by atoms with Crippen LogP contribution in [0.4, 0.5) is 0 Å². The van der Waals surface area contributed by atoms with Gasteiger partial charge in [-0.15, -0.1) is 0 Å². The maximum absolute atomic E-state index is 6.04. The summed E-state index contributed by atoms with van der Waals surface area (Å²) in [5.74, 6) is 2.16. The average molecular weight is 256 g/mol. The van der Waals surface area contributed by atoms with Crippen molar-refractivity contribution in [2.24, 2.45) is 0 Å². The van der Waals surface area contributed by atoms with Crippen molar-refractivity contribution in [3.8, 4) is 0 Å². The second-order valence-corrected chi connectivity index (χ2v) is 6.47. The number of benzene rings is 1. The molecule has 0 amide bonds. The summed E-state index contributed by atoms with van der Waals surface area (Å²) in [7, 11) is -0.230. The molecule has 2 nitrogen and oxygen atoms in total. The Kier molecular flexibility index (Phi) is 2.88. The minimum atomic E-state index is -0.257. The van der Waals surface area contributed by atoms with Gasteiger partial charge in [-0.2, -0.15) is 0 Å². The van der Waals surface area contributed by atoms with Crippen molar-refractivity contribution in [3.05, 3.63) is 41.4 Å². The maximum atomic E-state index is 6.04. The van der Waals surface area contributed by atoms with Gasteiger partial charge in [0.15, 0.2) is 0 Å². The van der Waals surface area contributed by atoms with Gasteiger partial charge < -0.3 is 9.31 Å². The van der Waals surface area contributed by atoms with Crippen molar-refractivity contribution in [2.75, 3.05) is 0 Å². The van der Waals surface area contributed by atoms with Gasteiger partial charge in [-0.3, -0.25) is 0 Å². The Bertz CT molecular complexity index is 515. The lowest BCUT2D eigenvalue weighted by atomic mass is 9.85. The maximum Gasteiger partial charge on any atom is 0.487 e. The van der Waals surface area contributed by atoms with Gasteiger partial charge >= 0.3 is 7.12 Å². The quantitative estimate of drug-likeness (QED) is 0.714. The number of hydrogen-bond acceptors (Lipinski definition) is 2. The fourth-order valence-corrected chi connectivity index (χ4v) is 2.75. The molecule has 0 radical (unpaired) electrons. The molecule has 19 heavy (non-hydrogen) atoms. The van der Waals surface area contributed by atoms with Gasteiger partial charge in [-0.05, 0) is 57.2 Å². The summed E-state index contributed by atoms with van der Waals surface area (Å²) >= 11 is 0. The molecule has 1 aliphatic heterocycles. The minimum absolute atomic E-state index is 0.230. The Balaban J connectivity index is 1.86. The van der Waals surface area contributed by atoms with Crippen LogP contribution in [0.15, 0.2) is 30.2 Å². The zero-order valence-electron chi connectivity index (χ0n) is 12.2. The lowest BCUT2D eigenvalue weighted by molar-refractivity contribution is 0.00578. The van der Waals surface area contributed by atoms with Crippen molar-refractivity contribution >= 4 is 12.7 Å². The van der Waals surface area contributed by atoms with Gasteiger partial charge in [-0.1, -0.05) is 30.2 Å². The number of rotatable bonds is 1. The molecule has 0 saturated carbocycles. The van der Waals surface area contributed by atoms with Crippen molar-refractivity contribution in [1.29, 1.82) is 0 Å². The monoisotopic (exact) mass is 256 g/mol. The van der Waals surface area contributed by atoms with Crippen LogP contribution in [0.25, 0.3) is 5.57 Å². The van der Waals surface area contributed by atoms with Gasteiger partial charge in [-0.25, -0.2) is 0 Å². The van der Waals surface area contributed by atoms with Gasteiger partial charge in [0.2, 0.25) is 0 Å². The topological polar surface area (TPSA) is 18.5 Å². The summed E-state index contributed by atoms with van der Waals surface area (Å²) in [6, 6.07) is 8.61. The van der Waals surface area contributed by atoms with E-state index >= 15 is 0 Å². The first-order valence-electron chi connectivity index (χ1n) is 7.04. The summed E-state index contributed by atoms with van der Waals surface area (Å²) in [6.07, 6.45) is 2.21. The first kappa shape index (κ1) is 13.0. The molecule has 1 aromatic rings. The second-order valence-electron chi connectivity index (χ2n) is 6.47. The highest BCUT2D eigenvalue weighted by molar-refractivity contribution is 6.53. The highest BCUT2D eigenvalue weighted by atomic mass is 16.7. The van der Waals surface area contributed by atoms with E-state index in [9.17, 15) is 0 Å². The van der Waals surface area contributed by atoms with Crippen LogP contribution in [0.2, 0.25) is 0 Å². The molecule has 3 rings (SSSR count). The van der Waals surface area contributed by atoms with E-state index in [4.69, 9.17) is 9.31 Å². The lowest BCUT2D eigenvalue weighted by Gasteiger charge is -2.32. The van der Waals surface area contributed by atoms with Crippen molar-refractivity contribution in [2.45, 2.75) is 51.7 Å². The van der Waals surface area contributed by atoms with Crippen LogP contribution in [0.1, 0.15) is 45.2 Å². The molecule has 0 atom stereocenters. The molecule has 1 aromatic carbocycles. The third-order valence-corrected chi connectivity index (χ3v) is 4.64. The molecule has 2 aliphatic rings. The van der Waals surface area contributed by atoms with E-state index in [1.165, 1.54) is 16.7 Å². The smallest absolute Gasteiger partial charge is 0.400 e. The van der Waals surface area contributed by atoms with Gasteiger partial charge in [0.1, 0.15) is 0 Å². The Morgan fingerprint density at radius 1 is 1.00 bits per heavy atom. The molecular formula is C16H21BO2. The van der Waals surface area contributed by atoms with E-state index in [-0.39, 0.29) is 18.3 Å². The normalized spacial score (nSPS) is 25.9. The second kappa shape index (κ2) is 4.22. The van der Waals surface area contributed by atoms with Crippen LogP contribution in [-0.2, 0) is 15.7 Å². The Morgan fingerprint density at radius 3 is 2.32 bits per heavy atom. The number of fused-ring (bicyclic) bond motifs is 1. The summed E-state index contributed by atoms with van der Waals surface area (Å²) < 4.78 is 12.1. The zero-order valence-corrected chi connectivity index (χ0v) is 12.2. The van der Waals surface area contributed by atoms with Crippen LogP contribution in [0.3, 0.4) is 0 Å². The van der Waals surface area contributed by atoms with Crippen molar-refractivity contribution in [1.82, 2.24) is 0 Å².